The van der Waals surface area contributed by atoms with Gasteiger partial charge in [-0.25, -0.2) is 4.98 Å². The van der Waals surface area contributed by atoms with Gasteiger partial charge < -0.3 is 14.3 Å². The predicted molar refractivity (Wildman–Crippen MR) is 84.2 cm³/mol. The van der Waals surface area contributed by atoms with Gasteiger partial charge in [-0.1, -0.05) is 11.2 Å². The van der Waals surface area contributed by atoms with Crippen molar-refractivity contribution in [3.05, 3.63) is 53.0 Å². The van der Waals surface area contributed by atoms with Crippen LogP contribution in [0.5, 0.6) is 0 Å². The summed E-state index contributed by atoms with van der Waals surface area (Å²) in [4.78, 5) is 20.4. The molecule has 1 aliphatic rings. The van der Waals surface area contributed by atoms with Crippen LogP contribution in [-0.4, -0.2) is 21.0 Å². The Morgan fingerprint density at radius 3 is 2.92 bits per heavy atom. The van der Waals surface area contributed by atoms with Crippen LogP contribution in [0, 0.1) is 13.8 Å². The summed E-state index contributed by atoms with van der Waals surface area (Å²) in [6, 6.07) is 5.96. The molecule has 7 nitrogen and oxygen atoms in total. The molecule has 2 aromatic heterocycles. The summed E-state index contributed by atoms with van der Waals surface area (Å²) in [5.41, 5.74) is 3.19. The van der Waals surface area contributed by atoms with E-state index in [0.29, 0.717) is 17.6 Å². The number of nitrogens with zero attached hydrogens (tertiary/aromatic N) is 3. The molecule has 4 rings (SSSR count). The molecule has 0 aliphatic heterocycles. The van der Waals surface area contributed by atoms with E-state index in [1.165, 1.54) is 11.8 Å². The van der Waals surface area contributed by atoms with Gasteiger partial charge in [-0.3, -0.25) is 4.79 Å². The van der Waals surface area contributed by atoms with Crippen molar-refractivity contribution >= 4 is 5.91 Å². The van der Waals surface area contributed by atoms with Crippen molar-refractivity contribution in [1.82, 2.24) is 20.4 Å². The first-order valence-electron chi connectivity index (χ1n) is 7.77. The van der Waals surface area contributed by atoms with E-state index in [1.54, 1.807) is 13.8 Å². The number of hydrogen-bond acceptors (Lipinski definition) is 6. The topological polar surface area (TPSA) is 94.1 Å². The zero-order valence-electron chi connectivity index (χ0n) is 13.4. The maximum absolute atomic E-state index is 12.2. The van der Waals surface area contributed by atoms with Crippen LogP contribution in [0.4, 0.5) is 0 Å². The highest BCUT2D eigenvalue weighted by molar-refractivity contribution is 5.91. The van der Waals surface area contributed by atoms with E-state index in [-0.39, 0.29) is 17.7 Å². The average molecular weight is 324 g/mol. The van der Waals surface area contributed by atoms with E-state index in [9.17, 15) is 4.79 Å². The minimum absolute atomic E-state index is 0.0311. The van der Waals surface area contributed by atoms with Gasteiger partial charge in [0.05, 0.1) is 12.2 Å². The summed E-state index contributed by atoms with van der Waals surface area (Å²) in [6.45, 7) is 3.50. The van der Waals surface area contributed by atoms with E-state index in [1.807, 2.05) is 18.2 Å². The van der Waals surface area contributed by atoms with Crippen molar-refractivity contribution in [2.24, 2.45) is 0 Å². The van der Waals surface area contributed by atoms with Crippen molar-refractivity contribution in [2.45, 2.75) is 32.7 Å². The molecular formula is C17H16N4O3. The Labute approximate surface area is 138 Å². The monoisotopic (exact) mass is 324 g/mol. The normalized spacial score (nSPS) is 16.2. The van der Waals surface area contributed by atoms with Crippen LogP contribution < -0.4 is 5.32 Å². The van der Waals surface area contributed by atoms with Gasteiger partial charge in [0.2, 0.25) is 5.76 Å². The summed E-state index contributed by atoms with van der Waals surface area (Å²) in [6.07, 6.45) is 3.18. The van der Waals surface area contributed by atoms with Crippen LogP contribution >= 0.6 is 0 Å². The molecule has 122 valence electrons. The molecule has 3 aromatic rings. The third-order valence-corrected chi connectivity index (χ3v) is 4.15. The van der Waals surface area contributed by atoms with Gasteiger partial charge in [0.25, 0.3) is 11.8 Å². The van der Waals surface area contributed by atoms with E-state index in [4.69, 9.17) is 8.94 Å². The maximum atomic E-state index is 12.2. The minimum Gasteiger partial charge on any atom is -0.436 e. The molecule has 24 heavy (non-hydrogen) atoms. The number of benzene rings is 1. The summed E-state index contributed by atoms with van der Waals surface area (Å²) in [7, 11) is 0. The molecule has 0 saturated carbocycles. The number of carbonyl (C=O) groups excluding carboxylic acids is 1. The molecule has 0 bridgehead atoms. The van der Waals surface area contributed by atoms with Gasteiger partial charge in [0.15, 0.2) is 11.7 Å². The second-order valence-electron chi connectivity index (χ2n) is 5.87. The lowest BCUT2D eigenvalue weighted by Gasteiger charge is -2.13. The Balaban J connectivity index is 1.55. The Bertz CT molecular complexity index is 912. The molecule has 1 aromatic carbocycles. The summed E-state index contributed by atoms with van der Waals surface area (Å²) in [5.74, 6) is 1.59. The average Bonchev–Trinajstić information content (AvgIpc) is 3.28. The molecular weight excluding hydrogens is 308 g/mol. The van der Waals surface area contributed by atoms with Crippen LogP contribution in [0.25, 0.3) is 11.5 Å². The minimum atomic E-state index is -0.245. The molecule has 7 heteroatoms. The maximum Gasteiger partial charge on any atom is 0.289 e. The van der Waals surface area contributed by atoms with Crippen LogP contribution in [0.3, 0.4) is 0 Å². The number of aryl methyl sites for hydroxylation is 3. The Morgan fingerprint density at radius 1 is 1.33 bits per heavy atom. The van der Waals surface area contributed by atoms with E-state index in [2.05, 4.69) is 20.4 Å². The van der Waals surface area contributed by atoms with Crippen LogP contribution in [0.15, 0.2) is 33.3 Å². The van der Waals surface area contributed by atoms with Crippen molar-refractivity contribution < 1.29 is 13.7 Å². The van der Waals surface area contributed by atoms with Crippen LogP contribution in [0.2, 0.25) is 0 Å². The lowest BCUT2D eigenvalue weighted by atomic mass is 10.0. The molecule has 1 N–H and O–H groups in total. The molecule has 0 saturated heterocycles. The second kappa shape index (κ2) is 5.59. The molecule has 0 fully saturated rings. The predicted octanol–water partition coefficient (Wildman–Crippen LogP) is 2.76. The molecule has 0 radical (unpaired) electrons. The van der Waals surface area contributed by atoms with Crippen molar-refractivity contribution in [2.75, 3.05) is 0 Å². The number of amides is 1. The molecule has 2 heterocycles. The fourth-order valence-corrected chi connectivity index (χ4v) is 3.01. The Kier molecular flexibility index (Phi) is 3.41. The van der Waals surface area contributed by atoms with E-state index >= 15 is 0 Å². The largest absolute Gasteiger partial charge is 0.436 e. The standard InChI is InChI=1S/C17H16N4O3/c1-9-19-17(24-21-9)12-3-5-13-11(7-12)4-6-14(13)20-16(22)15-8-18-10(2)23-15/h3,5,7-8,14H,4,6H2,1-2H3,(H,20,22). The van der Waals surface area contributed by atoms with Crippen molar-refractivity contribution in [1.29, 1.82) is 0 Å². The van der Waals surface area contributed by atoms with Gasteiger partial charge in [0, 0.05) is 12.5 Å². The first kappa shape index (κ1) is 14.6. The second-order valence-corrected chi connectivity index (χ2v) is 5.87. The third-order valence-electron chi connectivity index (χ3n) is 4.15. The zero-order chi connectivity index (χ0) is 16.7. The first-order chi connectivity index (χ1) is 11.6. The number of oxazole rings is 1. The fourth-order valence-electron chi connectivity index (χ4n) is 3.01. The number of carbonyl (C=O) groups is 1. The molecule has 0 spiro atoms. The quantitative estimate of drug-likeness (QED) is 0.796. The number of nitrogens with one attached hydrogen (secondary N) is 1. The van der Waals surface area contributed by atoms with Gasteiger partial charge in [-0.2, -0.15) is 4.98 Å². The SMILES string of the molecule is Cc1noc(-c2ccc3c(c2)CCC3NC(=O)c2cnc(C)o2)n1. The number of fused-ring (bicyclic) bond motifs is 1. The third kappa shape index (κ3) is 2.58. The van der Waals surface area contributed by atoms with Gasteiger partial charge in [0.1, 0.15) is 0 Å². The Hall–Kier alpha value is -2.96. The zero-order valence-corrected chi connectivity index (χ0v) is 13.4. The smallest absolute Gasteiger partial charge is 0.289 e. The highest BCUT2D eigenvalue weighted by Crippen LogP contribution is 2.34. The number of aromatic nitrogens is 3. The van der Waals surface area contributed by atoms with Crippen molar-refractivity contribution in [3.63, 3.8) is 0 Å². The van der Waals surface area contributed by atoms with Gasteiger partial charge in [-0.05, 0) is 43.0 Å². The summed E-state index contributed by atoms with van der Waals surface area (Å²) >= 11 is 0. The van der Waals surface area contributed by atoms with Crippen LogP contribution in [0.1, 0.15) is 45.9 Å². The summed E-state index contributed by atoms with van der Waals surface area (Å²) < 4.78 is 10.5. The van der Waals surface area contributed by atoms with Crippen LogP contribution in [-0.2, 0) is 6.42 Å². The first-order valence-corrected chi connectivity index (χ1v) is 7.77. The van der Waals surface area contributed by atoms with Gasteiger partial charge >= 0.3 is 0 Å². The molecule has 1 atom stereocenters. The number of rotatable bonds is 3. The van der Waals surface area contributed by atoms with E-state index < -0.39 is 0 Å². The van der Waals surface area contributed by atoms with Crippen molar-refractivity contribution in [3.8, 4) is 11.5 Å². The lowest BCUT2D eigenvalue weighted by Crippen LogP contribution is -2.26. The molecule has 1 amide bonds. The fraction of sp³-hybridized carbons (Fsp3) is 0.294. The highest BCUT2D eigenvalue weighted by atomic mass is 16.5. The Morgan fingerprint density at radius 2 is 2.21 bits per heavy atom. The number of hydrogen-bond donors (Lipinski definition) is 1. The van der Waals surface area contributed by atoms with E-state index in [0.717, 1.165) is 24.0 Å². The van der Waals surface area contributed by atoms with Gasteiger partial charge in [-0.15, -0.1) is 0 Å². The highest BCUT2D eigenvalue weighted by Gasteiger charge is 2.26. The molecule has 1 unspecified atom stereocenters. The lowest BCUT2D eigenvalue weighted by molar-refractivity contribution is 0.0907. The molecule has 1 aliphatic carbocycles. The summed E-state index contributed by atoms with van der Waals surface area (Å²) in [5, 5.41) is 6.82.